The van der Waals surface area contributed by atoms with Crippen molar-refractivity contribution >= 4 is 29.1 Å². The van der Waals surface area contributed by atoms with Crippen LogP contribution in [-0.2, 0) is 12.0 Å². The molecule has 0 spiro atoms. The number of ketones is 1. The summed E-state index contributed by atoms with van der Waals surface area (Å²) < 4.78 is 2.19. The first-order valence-electron chi connectivity index (χ1n) is 14.9. The monoisotopic (exact) mass is 606 g/mol. The average Bonchev–Trinajstić information content (AvgIpc) is 3.77. The molecule has 1 amide bonds. The van der Waals surface area contributed by atoms with Gasteiger partial charge in [0, 0.05) is 29.3 Å². The van der Waals surface area contributed by atoms with Crippen LogP contribution < -0.4 is 5.32 Å². The lowest BCUT2D eigenvalue weighted by atomic mass is 9.77. The van der Waals surface area contributed by atoms with Gasteiger partial charge in [-0.2, -0.15) is 0 Å². The van der Waals surface area contributed by atoms with Crippen molar-refractivity contribution in [2.75, 3.05) is 7.05 Å². The van der Waals surface area contributed by atoms with Crippen molar-refractivity contribution in [1.82, 2.24) is 19.9 Å². The van der Waals surface area contributed by atoms with Crippen LogP contribution in [0.25, 0.3) is 17.3 Å². The van der Waals surface area contributed by atoms with Gasteiger partial charge in [0.05, 0.1) is 12.0 Å². The number of amides is 1. The number of imidazole rings is 1. The standard InChI is InChI=1S/C38H30N4O2S/c1-39-36(44)37-41-34-33(45-37)22-21-27(35(34)43)23-26-13-11-12-20-31(26)32-24-42(25-40-32)38(28-14-5-2-6-15-28,29-16-7-3-8-17-29)30-18-9-4-10-19-30/h2-20,23-25H,21-22H2,1H3,(H,39,44)/b27-23+. The van der Waals surface area contributed by atoms with Gasteiger partial charge in [0.15, 0.2) is 5.01 Å². The number of carbonyl (C=O) groups is 2. The Hall–Kier alpha value is -5.40. The largest absolute Gasteiger partial charge is 0.353 e. The summed E-state index contributed by atoms with van der Waals surface area (Å²) in [5.41, 5.74) is 6.36. The Bertz CT molecular complexity index is 1930. The van der Waals surface area contributed by atoms with E-state index in [1.165, 1.54) is 11.3 Å². The summed E-state index contributed by atoms with van der Waals surface area (Å²) in [6.45, 7) is 0. The van der Waals surface area contributed by atoms with Gasteiger partial charge in [-0.15, -0.1) is 11.3 Å². The van der Waals surface area contributed by atoms with Crippen molar-refractivity contribution < 1.29 is 9.59 Å². The highest BCUT2D eigenvalue weighted by Crippen LogP contribution is 2.42. The Balaban J connectivity index is 1.34. The van der Waals surface area contributed by atoms with E-state index in [1.807, 2.05) is 54.9 Å². The van der Waals surface area contributed by atoms with E-state index in [4.69, 9.17) is 4.98 Å². The maximum Gasteiger partial charge on any atom is 0.280 e. The molecule has 7 heteroatoms. The van der Waals surface area contributed by atoms with Crippen LogP contribution in [0, 0.1) is 0 Å². The van der Waals surface area contributed by atoms with Crippen LogP contribution in [-0.4, -0.2) is 33.3 Å². The molecule has 7 rings (SSSR count). The molecule has 220 valence electrons. The van der Waals surface area contributed by atoms with Gasteiger partial charge in [-0.1, -0.05) is 115 Å². The number of nitrogens with zero attached hydrogens (tertiary/aromatic N) is 3. The highest BCUT2D eigenvalue weighted by atomic mass is 32.1. The number of allylic oxidation sites excluding steroid dienone is 1. The van der Waals surface area contributed by atoms with Crippen LogP contribution in [0.2, 0.25) is 0 Å². The summed E-state index contributed by atoms with van der Waals surface area (Å²) in [5.74, 6) is -0.398. The summed E-state index contributed by atoms with van der Waals surface area (Å²) in [7, 11) is 1.57. The zero-order valence-corrected chi connectivity index (χ0v) is 25.5. The SMILES string of the molecule is CNC(=O)c1nc2c(s1)CC/C(=C\c1ccccc1-c1cn(C(c3ccccc3)(c3ccccc3)c3ccccc3)cn1)C2=O. The number of rotatable bonds is 7. The minimum atomic E-state index is -0.675. The Kier molecular flexibility index (Phi) is 7.53. The number of Topliss-reactive ketones (excluding diaryl/α,β-unsaturated/α-hetero) is 1. The molecule has 6 aromatic rings. The maximum absolute atomic E-state index is 13.5. The molecule has 0 saturated carbocycles. The quantitative estimate of drug-likeness (QED) is 0.152. The molecular weight excluding hydrogens is 577 g/mol. The van der Waals surface area contributed by atoms with Crippen LogP contribution in [0.4, 0.5) is 0 Å². The lowest BCUT2D eigenvalue weighted by Crippen LogP contribution is -2.36. The average molecular weight is 607 g/mol. The van der Waals surface area contributed by atoms with Gasteiger partial charge >= 0.3 is 0 Å². The first kappa shape index (κ1) is 28.4. The first-order valence-corrected chi connectivity index (χ1v) is 15.7. The van der Waals surface area contributed by atoms with Crippen LogP contribution in [0.3, 0.4) is 0 Å². The number of benzene rings is 4. The second kappa shape index (κ2) is 11.9. The number of aromatic nitrogens is 3. The highest BCUT2D eigenvalue weighted by molar-refractivity contribution is 7.14. The molecule has 0 atom stereocenters. The number of thiazole rings is 1. The molecule has 0 bridgehead atoms. The fourth-order valence-electron chi connectivity index (χ4n) is 6.23. The van der Waals surface area contributed by atoms with Gasteiger partial charge in [-0.05, 0) is 41.2 Å². The number of aryl methyl sites for hydroxylation is 1. The number of nitrogens with one attached hydrogen (secondary N) is 1. The zero-order chi connectivity index (χ0) is 30.8. The van der Waals surface area contributed by atoms with Crippen molar-refractivity contribution in [2.24, 2.45) is 0 Å². The molecule has 1 aliphatic rings. The van der Waals surface area contributed by atoms with Gasteiger partial charge in [-0.25, -0.2) is 9.97 Å². The Morgan fingerprint density at radius 2 is 1.40 bits per heavy atom. The molecule has 1 aliphatic carbocycles. The Labute approximate surface area is 265 Å². The highest BCUT2D eigenvalue weighted by Gasteiger charge is 2.38. The minimum Gasteiger partial charge on any atom is -0.353 e. The molecule has 0 saturated heterocycles. The van der Waals surface area contributed by atoms with E-state index in [1.54, 1.807) is 7.05 Å². The van der Waals surface area contributed by atoms with Crippen molar-refractivity contribution in [3.8, 4) is 11.3 Å². The molecule has 45 heavy (non-hydrogen) atoms. The molecule has 2 heterocycles. The third-order valence-electron chi connectivity index (χ3n) is 8.36. The van der Waals surface area contributed by atoms with Gasteiger partial charge in [0.25, 0.3) is 5.91 Å². The zero-order valence-electron chi connectivity index (χ0n) is 24.7. The van der Waals surface area contributed by atoms with Gasteiger partial charge in [-0.3, -0.25) is 9.59 Å². The second-order valence-electron chi connectivity index (χ2n) is 10.9. The minimum absolute atomic E-state index is 0.126. The van der Waals surface area contributed by atoms with E-state index in [2.05, 4.69) is 93.9 Å². The number of fused-ring (bicyclic) bond motifs is 1. The molecule has 0 aliphatic heterocycles. The Morgan fingerprint density at radius 3 is 2.00 bits per heavy atom. The molecule has 0 radical (unpaired) electrons. The van der Waals surface area contributed by atoms with Crippen LogP contribution >= 0.6 is 11.3 Å². The molecule has 0 fully saturated rings. The predicted octanol–water partition coefficient (Wildman–Crippen LogP) is 7.42. The van der Waals surface area contributed by atoms with Crippen molar-refractivity contribution in [3.63, 3.8) is 0 Å². The molecule has 4 aromatic carbocycles. The lowest BCUT2D eigenvalue weighted by Gasteiger charge is -2.37. The summed E-state index contributed by atoms with van der Waals surface area (Å²) in [5, 5.41) is 2.92. The molecular formula is C38H30N4O2S. The van der Waals surface area contributed by atoms with Gasteiger partial charge in [0.1, 0.15) is 11.2 Å². The third-order valence-corrected chi connectivity index (χ3v) is 9.47. The maximum atomic E-state index is 13.5. The summed E-state index contributed by atoms with van der Waals surface area (Å²) in [6.07, 6.45) is 7.22. The fourth-order valence-corrected chi connectivity index (χ4v) is 7.23. The van der Waals surface area contributed by atoms with Gasteiger partial charge in [0.2, 0.25) is 5.78 Å². The van der Waals surface area contributed by atoms with Crippen molar-refractivity contribution in [1.29, 1.82) is 0 Å². The molecule has 2 aromatic heterocycles. The third kappa shape index (κ3) is 5.01. The number of carbonyl (C=O) groups excluding carboxylic acids is 2. The predicted molar refractivity (Wildman–Crippen MR) is 178 cm³/mol. The fraction of sp³-hybridized carbons (Fsp3) is 0.105. The molecule has 0 unspecified atom stereocenters. The Morgan fingerprint density at radius 1 is 0.822 bits per heavy atom. The summed E-state index contributed by atoms with van der Waals surface area (Å²) in [6, 6.07) is 39.5. The number of hydrogen-bond donors (Lipinski definition) is 1. The van der Waals surface area contributed by atoms with Crippen LogP contribution in [0.5, 0.6) is 0 Å². The lowest BCUT2D eigenvalue weighted by molar-refractivity contribution is 0.0962. The van der Waals surface area contributed by atoms with E-state index < -0.39 is 5.54 Å². The second-order valence-corrected chi connectivity index (χ2v) is 12.0. The summed E-state index contributed by atoms with van der Waals surface area (Å²) >= 11 is 1.30. The summed E-state index contributed by atoms with van der Waals surface area (Å²) in [4.78, 5) is 35.9. The van der Waals surface area contributed by atoms with Crippen LogP contribution in [0.15, 0.2) is 133 Å². The number of hydrogen-bond acceptors (Lipinski definition) is 5. The van der Waals surface area contributed by atoms with E-state index in [9.17, 15) is 9.59 Å². The van der Waals surface area contributed by atoms with Crippen LogP contribution in [0.1, 0.15) is 53.8 Å². The van der Waals surface area contributed by atoms with Gasteiger partial charge < -0.3 is 9.88 Å². The van der Waals surface area contributed by atoms with E-state index in [0.717, 1.165) is 38.4 Å². The van der Waals surface area contributed by atoms with Crippen molar-refractivity contribution in [2.45, 2.75) is 18.4 Å². The van der Waals surface area contributed by atoms with E-state index >= 15 is 0 Å². The normalized spacial score (nSPS) is 13.9. The van der Waals surface area contributed by atoms with E-state index in [0.29, 0.717) is 29.1 Å². The molecule has 1 N–H and O–H groups in total. The molecule has 6 nitrogen and oxygen atoms in total. The first-order chi connectivity index (χ1) is 22.1. The topological polar surface area (TPSA) is 76.9 Å². The van der Waals surface area contributed by atoms with Crippen molar-refractivity contribution in [3.05, 3.63) is 171 Å². The van der Waals surface area contributed by atoms with E-state index in [-0.39, 0.29) is 11.7 Å². The smallest absolute Gasteiger partial charge is 0.280 e.